The molecule has 2 N–H and O–H groups in total. The van der Waals surface area contributed by atoms with Gasteiger partial charge in [0.25, 0.3) is 0 Å². The fraction of sp³-hybridized carbons (Fsp3) is 0.0833. The van der Waals surface area contributed by atoms with Gasteiger partial charge in [-0.1, -0.05) is 12.1 Å². The van der Waals surface area contributed by atoms with Crippen LogP contribution < -0.4 is 5.73 Å². The monoisotopic (exact) mass is 280 g/mol. The van der Waals surface area contributed by atoms with Crippen molar-refractivity contribution >= 4 is 15.9 Å². The molecule has 2 aromatic rings. The summed E-state index contributed by atoms with van der Waals surface area (Å²) in [6.45, 7) is 0. The number of aromatic nitrogens is 1. The summed E-state index contributed by atoms with van der Waals surface area (Å²) in [6, 6.07) is 9.53. The molecule has 1 unspecified atom stereocenters. The summed E-state index contributed by atoms with van der Waals surface area (Å²) in [4.78, 5) is 4.19. The maximum absolute atomic E-state index is 13.0. The van der Waals surface area contributed by atoms with Crippen LogP contribution in [0.25, 0.3) is 0 Å². The Kier molecular flexibility index (Phi) is 3.31. The van der Waals surface area contributed by atoms with E-state index >= 15 is 0 Å². The zero-order valence-electron chi connectivity index (χ0n) is 8.40. The maximum Gasteiger partial charge on any atom is 0.123 e. The normalized spacial score (nSPS) is 12.4. The molecule has 1 aromatic carbocycles. The van der Waals surface area contributed by atoms with Gasteiger partial charge < -0.3 is 5.73 Å². The van der Waals surface area contributed by atoms with Gasteiger partial charge in [0.15, 0.2) is 0 Å². The molecule has 0 saturated carbocycles. The number of rotatable bonds is 2. The van der Waals surface area contributed by atoms with E-state index in [-0.39, 0.29) is 5.82 Å². The quantitative estimate of drug-likeness (QED) is 0.919. The summed E-state index contributed by atoms with van der Waals surface area (Å²) in [6.07, 6.45) is 1.68. The van der Waals surface area contributed by atoms with Crippen molar-refractivity contribution in [3.8, 4) is 0 Å². The van der Waals surface area contributed by atoms with Crippen LogP contribution in [-0.4, -0.2) is 4.98 Å². The first-order valence-corrected chi connectivity index (χ1v) is 5.58. The molecule has 0 radical (unpaired) electrons. The minimum Gasteiger partial charge on any atom is -0.319 e. The Hall–Kier alpha value is -1.26. The third kappa shape index (κ3) is 2.46. The lowest BCUT2D eigenvalue weighted by molar-refractivity contribution is 0.623. The summed E-state index contributed by atoms with van der Waals surface area (Å²) in [7, 11) is 0. The molecule has 0 saturated heterocycles. The van der Waals surface area contributed by atoms with Crippen molar-refractivity contribution in [3.63, 3.8) is 0 Å². The summed E-state index contributed by atoms with van der Waals surface area (Å²) in [5.41, 5.74) is 7.42. The van der Waals surface area contributed by atoms with Gasteiger partial charge in [0, 0.05) is 10.7 Å². The Labute approximate surface area is 101 Å². The zero-order chi connectivity index (χ0) is 11.5. The summed E-state index contributed by atoms with van der Waals surface area (Å²) < 4.78 is 13.9. The van der Waals surface area contributed by atoms with Crippen LogP contribution in [0.5, 0.6) is 0 Å². The fourth-order valence-electron chi connectivity index (χ4n) is 1.44. The van der Waals surface area contributed by atoms with E-state index in [0.29, 0.717) is 5.69 Å². The molecular weight excluding hydrogens is 271 g/mol. The maximum atomic E-state index is 13.0. The van der Waals surface area contributed by atoms with Crippen molar-refractivity contribution in [1.29, 1.82) is 0 Å². The molecule has 1 atom stereocenters. The molecule has 0 aliphatic carbocycles. The van der Waals surface area contributed by atoms with Gasteiger partial charge in [-0.25, -0.2) is 4.39 Å². The second kappa shape index (κ2) is 4.72. The van der Waals surface area contributed by atoms with Crippen molar-refractivity contribution in [2.24, 2.45) is 5.73 Å². The minimum absolute atomic E-state index is 0.287. The van der Waals surface area contributed by atoms with E-state index in [1.165, 1.54) is 12.1 Å². The highest BCUT2D eigenvalue weighted by Gasteiger charge is 2.10. The second-order valence-corrected chi connectivity index (χ2v) is 4.35. The lowest BCUT2D eigenvalue weighted by atomic mass is 10.0. The number of nitrogens with zero attached hydrogens (tertiary/aromatic N) is 1. The number of hydrogen-bond acceptors (Lipinski definition) is 2. The minimum atomic E-state index is -0.399. The molecule has 0 spiro atoms. The van der Waals surface area contributed by atoms with Crippen molar-refractivity contribution in [1.82, 2.24) is 4.98 Å². The van der Waals surface area contributed by atoms with Crippen molar-refractivity contribution in [2.75, 3.05) is 0 Å². The number of hydrogen-bond donors (Lipinski definition) is 1. The topological polar surface area (TPSA) is 38.9 Å². The van der Waals surface area contributed by atoms with E-state index in [2.05, 4.69) is 20.9 Å². The van der Waals surface area contributed by atoms with Crippen LogP contribution in [0.2, 0.25) is 0 Å². The van der Waals surface area contributed by atoms with Crippen LogP contribution in [0.1, 0.15) is 17.3 Å². The molecule has 0 aliphatic rings. The molecule has 1 heterocycles. The second-order valence-electron chi connectivity index (χ2n) is 3.43. The van der Waals surface area contributed by atoms with Crippen LogP contribution >= 0.6 is 15.9 Å². The Morgan fingerprint density at radius 2 is 2.06 bits per heavy atom. The third-order valence-electron chi connectivity index (χ3n) is 2.28. The predicted octanol–water partition coefficient (Wildman–Crippen LogP) is 3.03. The predicted molar refractivity (Wildman–Crippen MR) is 64.4 cm³/mol. The van der Waals surface area contributed by atoms with E-state index in [1.54, 1.807) is 18.3 Å². The number of nitrogens with two attached hydrogens (primary N) is 1. The van der Waals surface area contributed by atoms with Crippen molar-refractivity contribution in [2.45, 2.75) is 6.04 Å². The highest BCUT2D eigenvalue weighted by molar-refractivity contribution is 9.10. The Balaban J connectivity index is 2.31. The zero-order valence-corrected chi connectivity index (χ0v) is 9.99. The number of pyridine rings is 1. The van der Waals surface area contributed by atoms with E-state index in [4.69, 9.17) is 5.73 Å². The SMILES string of the molecule is NC(c1cccc(F)c1)c1ccc(Br)cn1. The van der Waals surface area contributed by atoms with E-state index in [0.717, 1.165) is 10.0 Å². The van der Waals surface area contributed by atoms with Gasteiger partial charge in [-0.15, -0.1) is 0 Å². The van der Waals surface area contributed by atoms with E-state index in [9.17, 15) is 4.39 Å². The lowest BCUT2D eigenvalue weighted by Crippen LogP contribution is -2.13. The largest absolute Gasteiger partial charge is 0.319 e. The van der Waals surface area contributed by atoms with Crippen LogP contribution in [0.15, 0.2) is 47.1 Å². The van der Waals surface area contributed by atoms with Crippen molar-refractivity contribution < 1.29 is 4.39 Å². The molecular formula is C12H10BrFN2. The Bertz CT molecular complexity index is 485. The van der Waals surface area contributed by atoms with E-state index < -0.39 is 6.04 Å². The van der Waals surface area contributed by atoms with Gasteiger partial charge in [0.05, 0.1) is 11.7 Å². The van der Waals surface area contributed by atoms with E-state index in [1.807, 2.05) is 12.1 Å². The third-order valence-corrected chi connectivity index (χ3v) is 2.75. The average Bonchev–Trinajstić information content (AvgIpc) is 2.29. The number of benzene rings is 1. The molecule has 2 rings (SSSR count). The van der Waals surface area contributed by atoms with Gasteiger partial charge in [0.1, 0.15) is 5.82 Å². The summed E-state index contributed by atoms with van der Waals surface area (Å²) >= 11 is 3.30. The summed E-state index contributed by atoms with van der Waals surface area (Å²) in [5, 5.41) is 0. The molecule has 2 nitrogen and oxygen atoms in total. The molecule has 0 fully saturated rings. The summed E-state index contributed by atoms with van der Waals surface area (Å²) in [5.74, 6) is -0.287. The van der Waals surface area contributed by atoms with Crippen LogP contribution in [0.3, 0.4) is 0 Å². The molecule has 0 aliphatic heterocycles. The van der Waals surface area contributed by atoms with Crippen LogP contribution in [0, 0.1) is 5.82 Å². The Morgan fingerprint density at radius 3 is 2.69 bits per heavy atom. The molecule has 16 heavy (non-hydrogen) atoms. The number of halogens is 2. The molecule has 82 valence electrons. The first-order valence-electron chi connectivity index (χ1n) is 4.79. The van der Waals surface area contributed by atoms with Crippen molar-refractivity contribution in [3.05, 3.63) is 64.1 Å². The first kappa shape index (κ1) is 11.2. The fourth-order valence-corrected chi connectivity index (χ4v) is 1.68. The van der Waals surface area contributed by atoms with Crippen LogP contribution in [0.4, 0.5) is 4.39 Å². The highest BCUT2D eigenvalue weighted by Crippen LogP contribution is 2.19. The lowest BCUT2D eigenvalue weighted by Gasteiger charge is -2.11. The van der Waals surface area contributed by atoms with Gasteiger partial charge in [-0.2, -0.15) is 0 Å². The first-order chi connectivity index (χ1) is 7.66. The molecule has 0 bridgehead atoms. The van der Waals surface area contributed by atoms with Crippen LogP contribution in [-0.2, 0) is 0 Å². The molecule has 4 heteroatoms. The average molecular weight is 281 g/mol. The smallest absolute Gasteiger partial charge is 0.123 e. The molecule has 1 aromatic heterocycles. The highest BCUT2D eigenvalue weighted by atomic mass is 79.9. The van der Waals surface area contributed by atoms with Gasteiger partial charge >= 0.3 is 0 Å². The van der Waals surface area contributed by atoms with Gasteiger partial charge in [-0.05, 0) is 45.8 Å². The standard InChI is InChI=1S/C12H10BrFN2/c13-9-4-5-11(16-7-9)12(15)8-2-1-3-10(14)6-8/h1-7,12H,15H2. The molecule has 0 amide bonds. The van der Waals surface area contributed by atoms with Gasteiger partial charge in [-0.3, -0.25) is 4.98 Å². The Morgan fingerprint density at radius 1 is 1.25 bits per heavy atom. The van der Waals surface area contributed by atoms with Gasteiger partial charge in [0.2, 0.25) is 0 Å².